The van der Waals surface area contributed by atoms with Crippen LogP contribution in [-0.2, 0) is 19.1 Å². The maximum atomic E-state index is 12.2. The number of likely N-dealkylation sites (tertiary alicyclic amines) is 1. The van der Waals surface area contributed by atoms with Crippen LogP contribution in [0.15, 0.2) is 0 Å². The number of nitrogens with zero attached hydrogens (tertiary/aromatic N) is 1. The second kappa shape index (κ2) is 7.62. The molecule has 2 atom stereocenters. The van der Waals surface area contributed by atoms with Crippen molar-refractivity contribution >= 4 is 11.9 Å². The minimum absolute atomic E-state index is 0.0511. The molecule has 1 saturated carbocycles. The first kappa shape index (κ1) is 16.7. The van der Waals surface area contributed by atoms with Crippen molar-refractivity contribution in [1.29, 1.82) is 0 Å². The molecule has 0 spiro atoms. The van der Waals surface area contributed by atoms with Gasteiger partial charge in [0.1, 0.15) is 0 Å². The summed E-state index contributed by atoms with van der Waals surface area (Å²) in [5.41, 5.74) is 0. The average molecular weight is 325 g/mol. The standard InChI is InChI=1S/C17H27NO5/c19-16(7-10-22-11-12-1-2-12)18-8-5-13(6-9-18)14-3-4-15(23-14)17(20)21/h12-15H,1-11H2,(H,20,21)/t14-,15+/m0/s1. The van der Waals surface area contributed by atoms with Gasteiger partial charge in [-0.1, -0.05) is 0 Å². The Morgan fingerprint density at radius 1 is 1.09 bits per heavy atom. The van der Waals surface area contributed by atoms with E-state index in [1.165, 1.54) is 12.8 Å². The summed E-state index contributed by atoms with van der Waals surface area (Å²) in [5, 5.41) is 9.00. The van der Waals surface area contributed by atoms with Crippen molar-refractivity contribution in [2.24, 2.45) is 11.8 Å². The summed E-state index contributed by atoms with van der Waals surface area (Å²) in [6, 6.07) is 0. The van der Waals surface area contributed by atoms with Crippen LogP contribution in [0, 0.1) is 11.8 Å². The second-order valence-corrected chi connectivity index (χ2v) is 7.07. The maximum Gasteiger partial charge on any atom is 0.332 e. The predicted molar refractivity (Wildman–Crippen MR) is 83.0 cm³/mol. The van der Waals surface area contributed by atoms with Gasteiger partial charge >= 0.3 is 5.97 Å². The fourth-order valence-corrected chi connectivity index (χ4v) is 3.56. The van der Waals surface area contributed by atoms with Crippen molar-refractivity contribution < 1.29 is 24.2 Å². The first-order valence-electron chi connectivity index (χ1n) is 8.87. The Bertz CT molecular complexity index is 429. The Balaban J connectivity index is 1.33. The number of carboxylic acid groups (broad SMARTS) is 1. The third-order valence-electron chi connectivity index (χ3n) is 5.26. The number of amides is 1. The van der Waals surface area contributed by atoms with Crippen LogP contribution in [0.25, 0.3) is 0 Å². The van der Waals surface area contributed by atoms with E-state index in [0.29, 0.717) is 25.4 Å². The lowest BCUT2D eigenvalue weighted by atomic mass is 9.89. The Kier molecular flexibility index (Phi) is 5.54. The highest BCUT2D eigenvalue weighted by Gasteiger charge is 2.37. The molecule has 6 nitrogen and oxygen atoms in total. The minimum Gasteiger partial charge on any atom is -0.479 e. The van der Waals surface area contributed by atoms with E-state index in [-0.39, 0.29) is 12.0 Å². The van der Waals surface area contributed by atoms with Gasteiger partial charge in [-0.05, 0) is 50.4 Å². The Hall–Kier alpha value is -1.14. The van der Waals surface area contributed by atoms with Gasteiger partial charge in [-0.25, -0.2) is 4.79 Å². The molecular formula is C17H27NO5. The van der Waals surface area contributed by atoms with Crippen LogP contribution in [0.5, 0.6) is 0 Å². The lowest BCUT2D eigenvalue weighted by Gasteiger charge is -2.34. The predicted octanol–water partition coefficient (Wildman–Crippen LogP) is 1.67. The van der Waals surface area contributed by atoms with E-state index in [1.54, 1.807) is 0 Å². The van der Waals surface area contributed by atoms with Crippen molar-refractivity contribution in [2.75, 3.05) is 26.3 Å². The SMILES string of the molecule is O=C(O)[C@H]1CC[C@@H](C2CCN(C(=O)CCOCC3CC3)CC2)O1. The normalized spacial score (nSPS) is 29.0. The Morgan fingerprint density at radius 3 is 2.43 bits per heavy atom. The van der Waals surface area contributed by atoms with Gasteiger partial charge in [0.05, 0.1) is 19.1 Å². The molecule has 1 amide bonds. The third kappa shape index (κ3) is 4.67. The molecule has 2 aliphatic heterocycles. The molecule has 0 aromatic carbocycles. The summed E-state index contributed by atoms with van der Waals surface area (Å²) in [7, 11) is 0. The van der Waals surface area contributed by atoms with Crippen LogP contribution in [-0.4, -0.2) is 60.4 Å². The van der Waals surface area contributed by atoms with Gasteiger partial charge < -0.3 is 19.5 Å². The molecule has 130 valence electrons. The number of aliphatic carboxylic acids is 1. The Labute approximate surface area is 137 Å². The van der Waals surface area contributed by atoms with Crippen LogP contribution in [0.1, 0.15) is 44.9 Å². The van der Waals surface area contributed by atoms with Crippen LogP contribution < -0.4 is 0 Å². The van der Waals surface area contributed by atoms with Crippen LogP contribution >= 0.6 is 0 Å². The number of hydrogen-bond acceptors (Lipinski definition) is 4. The number of carbonyl (C=O) groups is 2. The highest BCUT2D eigenvalue weighted by atomic mass is 16.5. The fourth-order valence-electron chi connectivity index (χ4n) is 3.56. The van der Waals surface area contributed by atoms with E-state index in [1.807, 2.05) is 4.90 Å². The van der Waals surface area contributed by atoms with E-state index < -0.39 is 12.1 Å². The first-order valence-corrected chi connectivity index (χ1v) is 8.87. The zero-order valence-corrected chi connectivity index (χ0v) is 13.6. The number of piperidine rings is 1. The smallest absolute Gasteiger partial charge is 0.332 e. The van der Waals surface area contributed by atoms with E-state index in [2.05, 4.69) is 0 Å². The monoisotopic (exact) mass is 325 g/mol. The minimum atomic E-state index is -0.855. The second-order valence-electron chi connectivity index (χ2n) is 7.07. The summed E-state index contributed by atoms with van der Waals surface area (Å²) in [6.45, 7) is 2.84. The lowest BCUT2D eigenvalue weighted by Crippen LogP contribution is -2.41. The molecule has 1 aliphatic carbocycles. The number of carboxylic acids is 1. The molecule has 3 fully saturated rings. The molecule has 3 aliphatic rings. The van der Waals surface area contributed by atoms with Crippen molar-refractivity contribution in [2.45, 2.75) is 57.2 Å². The van der Waals surface area contributed by atoms with Gasteiger partial charge in [-0.3, -0.25) is 4.79 Å². The lowest BCUT2D eigenvalue weighted by molar-refractivity contribution is -0.151. The topological polar surface area (TPSA) is 76.1 Å². The number of rotatable bonds is 7. The summed E-state index contributed by atoms with van der Waals surface area (Å²) in [5.74, 6) is 0.442. The molecule has 23 heavy (non-hydrogen) atoms. The molecular weight excluding hydrogens is 298 g/mol. The van der Waals surface area contributed by atoms with E-state index in [9.17, 15) is 9.59 Å². The van der Waals surface area contributed by atoms with Crippen molar-refractivity contribution in [3.05, 3.63) is 0 Å². The van der Waals surface area contributed by atoms with Crippen LogP contribution in [0.3, 0.4) is 0 Å². The van der Waals surface area contributed by atoms with E-state index in [4.69, 9.17) is 14.6 Å². The highest BCUT2D eigenvalue weighted by molar-refractivity contribution is 5.76. The summed E-state index contributed by atoms with van der Waals surface area (Å²) in [4.78, 5) is 25.0. The molecule has 0 unspecified atom stereocenters. The summed E-state index contributed by atoms with van der Waals surface area (Å²) in [6.07, 6.45) is 5.68. The van der Waals surface area contributed by atoms with Crippen molar-refractivity contribution in [1.82, 2.24) is 4.90 Å². The average Bonchev–Trinajstić information content (AvgIpc) is 3.24. The first-order chi connectivity index (χ1) is 11.1. The largest absolute Gasteiger partial charge is 0.479 e. The molecule has 3 rings (SSSR count). The molecule has 0 aromatic rings. The summed E-state index contributed by atoms with van der Waals surface area (Å²) < 4.78 is 11.2. The highest BCUT2D eigenvalue weighted by Crippen LogP contribution is 2.32. The van der Waals surface area contributed by atoms with Crippen LogP contribution in [0.2, 0.25) is 0 Å². The van der Waals surface area contributed by atoms with E-state index >= 15 is 0 Å². The Morgan fingerprint density at radius 2 is 1.83 bits per heavy atom. The van der Waals surface area contributed by atoms with Crippen molar-refractivity contribution in [3.63, 3.8) is 0 Å². The molecule has 2 saturated heterocycles. The van der Waals surface area contributed by atoms with Gasteiger partial charge in [-0.2, -0.15) is 0 Å². The van der Waals surface area contributed by atoms with Crippen molar-refractivity contribution in [3.8, 4) is 0 Å². The zero-order chi connectivity index (χ0) is 16.2. The maximum absolute atomic E-state index is 12.2. The van der Waals surface area contributed by atoms with Gasteiger partial charge in [0.25, 0.3) is 0 Å². The molecule has 2 heterocycles. The van der Waals surface area contributed by atoms with E-state index in [0.717, 1.165) is 44.9 Å². The number of hydrogen-bond donors (Lipinski definition) is 1. The molecule has 0 aromatic heterocycles. The molecule has 1 N–H and O–H groups in total. The number of ether oxygens (including phenoxy) is 2. The summed E-state index contributed by atoms with van der Waals surface area (Å²) >= 11 is 0. The third-order valence-corrected chi connectivity index (χ3v) is 5.26. The molecule has 0 radical (unpaired) electrons. The quantitative estimate of drug-likeness (QED) is 0.721. The fraction of sp³-hybridized carbons (Fsp3) is 0.882. The van der Waals surface area contributed by atoms with Gasteiger partial charge in [0, 0.05) is 19.7 Å². The van der Waals surface area contributed by atoms with Gasteiger partial charge in [0.2, 0.25) is 5.91 Å². The van der Waals surface area contributed by atoms with Crippen LogP contribution in [0.4, 0.5) is 0 Å². The molecule has 6 heteroatoms. The molecule has 0 bridgehead atoms. The van der Waals surface area contributed by atoms with Gasteiger partial charge in [-0.15, -0.1) is 0 Å². The zero-order valence-electron chi connectivity index (χ0n) is 13.6. The number of carbonyl (C=O) groups excluding carboxylic acids is 1. The van der Waals surface area contributed by atoms with Gasteiger partial charge in [0.15, 0.2) is 6.10 Å².